The molecule has 1 heterocycles. The maximum absolute atomic E-state index is 13.1. The molecule has 2 aromatic carbocycles. The Hall–Kier alpha value is -2.24. The normalized spacial score (nSPS) is 21.8. The number of likely N-dealkylation sites (tertiary alicyclic amines) is 1. The van der Waals surface area contributed by atoms with Gasteiger partial charge in [0.25, 0.3) is 0 Å². The lowest BCUT2D eigenvalue weighted by Crippen LogP contribution is -2.46. The third-order valence-corrected chi connectivity index (χ3v) is 8.51. The van der Waals surface area contributed by atoms with Gasteiger partial charge in [-0.3, -0.25) is 9.59 Å². The molecule has 1 aliphatic carbocycles. The number of benzene rings is 2. The van der Waals surface area contributed by atoms with E-state index in [2.05, 4.69) is 10.2 Å². The minimum atomic E-state index is -0.592. The van der Waals surface area contributed by atoms with Crippen LogP contribution in [-0.2, 0) is 10.2 Å². The van der Waals surface area contributed by atoms with E-state index in [1.54, 1.807) is 12.1 Å². The Balaban J connectivity index is 1.15. The molecule has 6 heteroatoms. The number of halogens is 2. The Bertz CT molecular complexity index is 1020. The van der Waals surface area contributed by atoms with Crippen molar-refractivity contribution in [3.8, 4) is 0 Å². The van der Waals surface area contributed by atoms with Gasteiger partial charge in [-0.05, 0) is 126 Å². The second kappa shape index (κ2) is 11.9. The first-order valence-corrected chi connectivity index (χ1v) is 13.7. The fourth-order valence-electron chi connectivity index (χ4n) is 5.59. The Morgan fingerprint density at radius 2 is 1.56 bits per heavy atom. The summed E-state index contributed by atoms with van der Waals surface area (Å²) in [4.78, 5) is 28.2. The van der Waals surface area contributed by atoms with Crippen molar-refractivity contribution in [3.63, 3.8) is 0 Å². The van der Waals surface area contributed by atoms with Crippen molar-refractivity contribution in [1.82, 2.24) is 10.2 Å². The van der Waals surface area contributed by atoms with Gasteiger partial charge in [-0.1, -0.05) is 23.7 Å². The molecule has 0 aromatic heterocycles. The molecule has 1 N–H and O–H groups in total. The van der Waals surface area contributed by atoms with E-state index in [0.717, 1.165) is 63.7 Å². The molecular weight excluding hydrogens is 475 g/mol. The fraction of sp³-hybridized carbons (Fsp3) is 0.533. The Morgan fingerprint density at radius 3 is 2.17 bits per heavy atom. The topological polar surface area (TPSA) is 49.4 Å². The number of Topliss-reactive ketones (excluding diaryl/α,β-unsaturated/α-hetero) is 1. The van der Waals surface area contributed by atoms with Crippen molar-refractivity contribution >= 4 is 23.3 Å². The highest BCUT2D eigenvalue weighted by Crippen LogP contribution is 2.30. The molecule has 2 aliphatic rings. The summed E-state index contributed by atoms with van der Waals surface area (Å²) in [6, 6.07) is 13.7. The lowest BCUT2D eigenvalue weighted by atomic mass is 9.81. The van der Waals surface area contributed by atoms with Gasteiger partial charge in [0, 0.05) is 22.5 Å². The van der Waals surface area contributed by atoms with E-state index in [4.69, 9.17) is 11.6 Å². The zero-order chi connectivity index (χ0) is 25.7. The lowest BCUT2D eigenvalue weighted by molar-refractivity contribution is -0.126. The molecule has 1 amide bonds. The first-order valence-electron chi connectivity index (χ1n) is 13.3. The number of hydrogen-bond donors (Lipinski definition) is 1. The van der Waals surface area contributed by atoms with Gasteiger partial charge in [0.1, 0.15) is 5.82 Å². The van der Waals surface area contributed by atoms with Crippen LogP contribution in [0, 0.1) is 17.7 Å². The molecule has 0 spiro atoms. The fourth-order valence-corrected chi connectivity index (χ4v) is 5.72. The SMILES string of the molecule is CC(C)(C(=O)N[C@H]1CC[C@H](CCN2CCC(C(=O)c3ccc(F)cc3)CC2)CC1)c1ccc(Cl)cc1. The van der Waals surface area contributed by atoms with Crippen molar-refractivity contribution < 1.29 is 14.0 Å². The molecule has 1 saturated carbocycles. The highest BCUT2D eigenvalue weighted by molar-refractivity contribution is 6.30. The van der Waals surface area contributed by atoms with Gasteiger partial charge in [0.05, 0.1) is 5.41 Å². The summed E-state index contributed by atoms with van der Waals surface area (Å²) in [6.45, 7) is 6.90. The highest BCUT2D eigenvalue weighted by Gasteiger charge is 2.33. The van der Waals surface area contributed by atoms with Gasteiger partial charge in [-0.2, -0.15) is 0 Å². The van der Waals surface area contributed by atoms with E-state index in [1.165, 1.54) is 18.6 Å². The van der Waals surface area contributed by atoms with E-state index >= 15 is 0 Å². The maximum Gasteiger partial charge on any atom is 0.230 e. The third-order valence-electron chi connectivity index (χ3n) is 8.26. The predicted molar refractivity (Wildman–Crippen MR) is 143 cm³/mol. The number of ketones is 1. The Morgan fingerprint density at radius 1 is 0.944 bits per heavy atom. The molecule has 36 heavy (non-hydrogen) atoms. The largest absolute Gasteiger partial charge is 0.353 e. The Kier molecular flexibility index (Phi) is 8.84. The Labute approximate surface area is 219 Å². The van der Waals surface area contributed by atoms with E-state index < -0.39 is 5.41 Å². The summed E-state index contributed by atoms with van der Waals surface area (Å²) in [6.07, 6.45) is 7.27. The van der Waals surface area contributed by atoms with Crippen molar-refractivity contribution in [2.24, 2.45) is 11.8 Å². The van der Waals surface area contributed by atoms with Gasteiger partial charge in [-0.15, -0.1) is 0 Å². The molecule has 2 fully saturated rings. The van der Waals surface area contributed by atoms with Gasteiger partial charge < -0.3 is 10.2 Å². The third kappa shape index (κ3) is 6.74. The molecule has 194 valence electrons. The van der Waals surface area contributed by atoms with Crippen LogP contribution < -0.4 is 5.32 Å². The van der Waals surface area contributed by atoms with Crippen LogP contribution in [0.15, 0.2) is 48.5 Å². The van der Waals surface area contributed by atoms with Crippen molar-refractivity contribution in [1.29, 1.82) is 0 Å². The minimum Gasteiger partial charge on any atom is -0.353 e. The molecule has 4 rings (SSSR count). The van der Waals surface area contributed by atoms with Gasteiger partial charge in [-0.25, -0.2) is 4.39 Å². The molecular formula is C30H38ClFN2O2. The van der Waals surface area contributed by atoms with Gasteiger partial charge >= 0.3 is 0 Å². The average molecular weight is 513 g/mol. The van der Waals surface area contributed by atoms with Gasteiger partial charge in [0.2, 0.25) is 5.91 Å². The van der Waals surface area contributed by atoms with Crippen LogP contribution in [0.5, 0.6) is 0 Å². The smallest absolute Gasteiger partial charge is 0.230 e. The first-order chi connectivity index (χ1) is 17.2. The molecule has 0 radical (unpaired) electrons. The molecule has 0 unspecified atom stereocenters. The first kappa shape index (κ1) is 26.8. The average Bonchev–Trinajstić information content (AvgIpc) is 2.89. The standard InChI is InChI=1S/C30H38ClFN2O2/c1-30(2,24-7-9-25(31)10-8-24)29(36)33-27-13-3-21(4-14-27)15-18-34-19-16-23(17-20-34)28(35)22-5-11-26(32)12-6-22/h5-12,21,23,27H,3-4,13-20H2,1-2H3,(H,33,36)/t21-,27-. The van der Waals surface area contributed by atoms with Crippen LogP contribution in [-0.4, -0.2) is 42.3 Å². The highest BCUT2D eigenvalue weighted by atomic mass is 35.5. The van der Waals surface area contributed by atoms with E-state index in [-0.39, 0.29) is 29.5 Å². The molecule has 0 bridgehead atoms. The summed E-state index contributed by atoms with van der Waals surface area (Å²) < 4.78 is 13.1. The van der Waals surface area contributed by atoms with Gasteiger partial charge in [0.15, 0.2) is 5.78 Å². The lowest BCUT2D eigenvalue weighted by Gasteiger charge is -2.35. The van der Waals surface area contributed by atoms with Crippen LogP contribution in [0.3, 0.4) is 0 Å². The number of amides is 1. The molecule has 1 saturated heterocycles. The number of hydrogen-bond acceptors (Lipinski definition) is 3. The summed E-state index contributed by atoms with van der Waals surface area (Å²) >= 11 is 6.00. The zero-order valence-corrected chi connectivity index (χ0v) is 22.2. The quantitative estimate of drug-likeness (QED) is 0.415. The van der Waals surface area contributed by atoms with Crippen molar-refractivity contribution in [3.05, 3.63) is 70.5 Å². The predicted octanol–water partition coefficient (Wildman–Crippen LogP) is 6.42. The second-order valence-electron chi connectivity index (χ2n) is 11.1. The summed E-state index contributed by atoms with van der Waals surface area (Å²) in [5.41, 5.74) is 1.00. The molecule has 4 nitrogen and oxygen atoms in total. The number of rotatable bonds is 8. The minimum absolute atomic E-state index is 0.0443. The summed E-state index contributed by atoms with van der Waals surface area (Å²) in [5, 5.41) is 3.97. The number of nitrogens with one attached hydrogen (secondary N) is 1. The number of carbonyl (C=O) groups excluding carboxylic acids is 2. The van der Waals surface area contributed by atoms with Crippen LogP contribution in [0.4, 0.5) is 4.39 Å². The zero-order valence-electron chi connectivity index (χ0n) is 21.4. The van der Waals surface area contributed by atoms with Crippen molar-refractivity contribution in [2.45, 2.75) is 70.3 Å². The van der Waals surface area contributed by atoms with Crippen molar-refractivity contribution in [2.75, 3.05) is 19.6 Å². The van der Waals surface area contributed by atoms with E-state index in [9.17, 15) is 14.0 Å². The molecule has 1 aliphatic heterocycles. The van der Waals surface area contributed by atoms with E-state index in [0.29, 0.717) is 16.5 Å². The van der Waals surface area contributed by atoms with Crippen LogP contribution >= 0.6 is 11.6 Å². The summed E-state index contributed by atoms with van der Waals surface area (Å²) in [5.74, 6) is 0.657. The molecule has 0 atom stereocenters. The van der Waals surface area contributed by atoms with Crippen LogP contribution in [0.1, 0.15) is 74.7 Å². The number of carbonyl (C=O) groups is 2. The number of nitrogens with zero attached hydrogens (tertiary/aromatic N) is 1. The molecule has 2 aromatic rings. The second-order valence-corrected chi connectivity index (χ2v) is 11.5. The van der Waals surface area contributed by atoms with Crippen LogP contribution in [0.2, 0.25) is 5.02 Å². The number of piperidine rings is 1. The maximum atomic E-state index is 13.1. The van der Waals surface area contributed by atoms with Crippen LogP contribution in [0.25, 0.3) is 0 Å². The summed E-state index contributed by atoms with van der Waals surface area (Å²) in [7, 11) is 0. The monoisotopic (exact) mass is 512 g/mol. The van der Waals surface area contributed by atoms with E-state index in [1.807, 2.05) is 38.1 Å².